The van der Waals surface area contributed by atoms with Gasteiger partial charge in [0.2, 0.25) is 5.95 Å². The lowest BCUT2D eigenvalue weighted by atomic mass is 9.83. The number of carbonyl (C=O) groups excluding carboxylic acids is 1. The van der Waals surface area contributed by atoms with E-state index in [1.807, 2.05) is 0 Å². The number of hydrogen-bond donors (Lipinski definition) is 5. The maximum absolute atomic E-state index is 13.1. The Morgan fingerprint density at radius 1 is 1.15 bits per heavy atom. The molecule has 0 aliphatic carbocycles. The fourth-order valence-corrected chi connectivity index (χ4v) is 3.45. The maximum Gasteiger partial charge on any atom is 0.332 e. The molecule has 0 unspecified atom stereocenters. The largest absolute Gasteiger partial charge is 0.481 e. The van der Waals surface area contributed by atoms with Gasteiger partial charge < -0.3 is 21.3 Å². The summed E-state index contributed by atoms with van der Waals surface area (Å²) < 4.78 is 0. The van der Waals surface area contributed by atoms with Crippen LogP contribution >= 0.6 is 0 Å². The Morgan fingerprint density at radius 3 is 2.41 bits per heavy atom. The van der Waals surface area contributed by atoms with E-state index in [0.717, 1.165) is 0 Å². The van der Waals surface area contributed by atoms with Crippen molar-refractivity contribution in [2.45, 2.75) is 24.9 Å². The second-order valence-electron chi connectivity index (χ2n) is 7.70. The molecular weight excluding hydrogens is 446 g/mol. The molecular formula is C21H23N7O6. The fourth-order valence-electron chi connectivity index (χ4n) is 3.45. The highest BCUT2D eigenvalue weighted by Gasteiger charge is 2.48. The van der Waals surface area contributed by atoms with Gasteiger partial charge in [-0.25, -0.2) is 14.8 Å². The number of rotatable bonds is 10. The molecule has 0 fully saturated rings. The molecule has 0 bridgehead atoms. The van der Waals surface area contributed by atoms with Crippen molar-refractivity contribution in [3.63, 3.8) is 0 Å². The van der Waals surface area contributed by atoms with Crippen molar-refractivity contribution < 1.29 is 24.6 Å². The predicted octanol–water partition coefficient (Wildman–Crippen LogP) is 0.340. The third-order valence-corrected chi connectivity index (χ3v) is 5.30. The van der Waals surface area contributed by atoms with Crippen LogP contribution in [0.5, 0.6) is 0 Å². The fraction of sp³-hybridized carbons (Fsp3) is 0.286. The molecule has 0 saturated carbocycles. The summed E-state index contributed by atoms with van der Waals surface area (Å²) in [6.45, 7) is 0.204. The van der Waals surface area contributed by atoms with Gasteiger partial charge in [-0.05, 0) is 44.8 Å². The van der Waals surface area contributed by atoms with Crippen molar-refractivity contribution in [3.05, 3.63) is 52.1 Å². The Balaban J connectivity index is 1.78. The van der Waals surface area contributed by atoms with Gasteiger partial charge in [0.15, 0.2) is 22.5 Å². The Kier molecular flexibility index (Phi) is 6.86. The molecule has 178 valence electrons. The average Bonchev–Trinajstić information content (AvgIpc) is 2.77. The molecule has 1 atom stereocenters. The van der Waals surface area contributed by atoms with Crippen LogP contribution in [0, 0.1) is 0 Å². The van der Waals surface area contributed by atoms with Gasteiger partial charge in [-0.2, -0.15) is 4.98 Å². The molecule has 3 rings (SSSR count). The zero-order chi connectivity index (χ0) is 25.0. The first-order valence-corrected chi connectivity index (χ1v) is 10.1. The van der Waals surface area contributed by atoms with Crippen molar-refractivity contribution in [3.8, 4) is 0 Å². The van der Waals surface area contributed by atoms with Crippen LogP contribution in [0.4, 0.5) is 11.6 Å². The van der Waals surface area contributed by atoms with Gasteiger partial charge in [0.1, 0.15) is 0 Å². The number of nitrogens with zero attached hydrogens (tertiary/aromatic N) is 4. The summed E-state index contributed by atoms with van der Waals surface area (Å²) in [5.74, 6) is -3.40. The number of carboxylic acid groups (broad SMARTS) is 2. The number of aromatic amines is 1. The van der Waals surface area contributed by atoms with Gasteiger partial charge in [-0.15, -0.1) is 0 Å². The molecule has 2 aromatic heterocycles. The van der Waals surface area contributed by atoms with Crippen molar-refractivity contribution >= 4 is 40.5 Å². The van der Waals surface area contributed by atoms with Crippen molar-refractivity contribution in [2.75, 3.05) is 25.1 Å². The minimum Gasteiger partial charge on any atom is -0.481 e. The molecule has 6 N–H and O–H groups in total. The zero-order valence-electron chi connectivity index (χ0n) is 18.4. The summed E-state index contributed by atoms with van der Waals surface area (Å²) in [4.78, 5) is 64.0. The molecule has 2 heterocycles. The van der Waals surface area contributed by atoms with E-state index in [9.17, 15) is 24.3 Å². The summed E-state index contributed by atoms with van der Waals surface area (Å²) in [5, 5.41) is 21.9. The van der Waals surface area contributed by atoms with Crippen LogP contribution < -0.4 is 16.6 Å². The summed E-state index contributed by atoms with van der Waals surface area (Å²) in [7, 11) is 2.84. The second-order valence-corrected chi connectivity index (χ2v) is 7.70. The molecule has 34 heavy (non-hydrogen) atoms. The predicted molar refractivity (Wildman–Crippen MR) is 121 cm³/mol. The molecule has 0 aliphatic rings. The van der Waals surface area contributed by atoms with Crippen LogP contribution in [0.3, 0.4) is 0 Å². The van der Waals surface area contributed by atoms with Crippen LogP contribution in [-0.4, -0.2) is 72.4 Å². The van der Waals surface area contributed by atoms with Gasteiger partial charge in [-0.3, -0.25) is 24.3 Å². The zero-order valence-corrected chi connectivity index (χ0v) is 18.4. The normalized spacial score (nSPS) is 12.9. The lowest BCUT2D eigenvalue weighted by Crippen LogP contribution is -2.57. The highest BCUT2D eigenvalue weighted by atomic mass is 16.4. The average molecular weight is 469 g/mol. The number of fused-ring (bicyclic) bond motifs is 1. The van der Waals surface area contributed by atoms with E-state index >= 15 is 0 Å². The van der Waals surface area contributed by atoms with E-state index in [-0.39, 0.29) is 35.6 Å². The molecule has 1 aromatic carbocycles. The van der Waals surface area contributed by atoms with Crippen molar-refractivity contribution in [1.29, 1.82) is 0 Å². The van der Waals surface area contributed by atoms with E-state index < -0.39 is 35.2 Å². The van der Waals surface area contributed by atoms with Gasteiger partial charge in [-0.1, -0.05) is 0 Å². The molecule has 0 radical (unpaired) electrons. The number of aliphatic carboxylic acids is 2. The molecule has 13 nitrogen and oxygen atoms in total. The molecule has 0 spiro atoms. The van der Waals surface area contributed by atoms with E-state index in [1.54, 1.807) is 12.1 Å². The number of nitrogen functional groups attached to an aromatic ring is 1. The Morgan fingerprint density at radius 2 is 1.82 bits per heavy atom. The van der Waals surface area contributed by atoms with Crippen LogP contribution in [0.25, 0.3) is 11.2 Å². The van der Waals surface area contributed by atoms with Gasteiger partial charge >= 0.3 is 11.9 Å². The second kappa shape index (κ2) is 9.62. The van der Waals surface area contributed by atoms with Crippen LogP contribution in [-0.2, 0) is 16.1 Å². The highest BCUT2D eigenvalue weighted by molar-refractivity contribution is 6.16. The minimum absolute atomic E-state index is 0.0458. The number of ketones is 1. The number of likely N-dealkylation sites (N-methyl/N-ethyl adjacent to an activating group) is 1. The molecule has 0 aliphatic heterocycles. The van der Waals surface area contributed by atoms with Gasteiger partial charge in [0, 0.05) is 17.7 Å². The quantitative estimate of drug-likeness (QED) is 0.201. The van der Waals surface area contributed by atoms with Gasteiger partial charge in [0.05, 0.1) is 18.4 Å². The van der Waals surface area contributed by atoms with E-state index in [0.29, 0.717) is 11.4 Å². The number of carboxylic acids is 2. The lowest BCUT2D eigenvalue weighted by molar-refractivity contribution is -0.148. The summed E-state index contributed by atoms with van der Waals surface area (Å²) in [5.41, 5.74) is 4.30. The molecule has 0 amide bonds. The lowest BCUT2D eigenvalue weighted by Gasteiger charge is -2.34. The number of H-pyrrole nitrogens is 1. The summed E-state index contributed by atoms with van der Waals surface area (Å²) in [6.07, 6.45) is 0.581. The van der Waals surface area contributed by atoms with Crippen molar-refractivity contribution in [1.82, 2.24) is 24.8 Å². The number of hydrogen-bond acceptors (Lipinski definition) is 10. The third-order valence-electron chi connectivity index (χ3n) is 5.30. The number of aromatic nitrogens is 4. The van der Waals surface area contributed by atoms with Crippen molar-refractivity contribution in [2.24, 2.45) is 0 Å². The number of nitrogens with one attached hydrogen (secondary N) is 2. The smallest absolute Gasteiger partial charge is 0.332 e. The van der Waals surface area contributed by atoms with E-state index in [2.05, 4.69) is 25.3 Å². The van der Waals surface area contributed by atoms with Crippen LogP contribution in [0.15, 0.2) is 35.3 Å². The Labute approximate surface area is 192 Å². The first-order valence-electron chi connectivity index (χ1n) is 10.1. The summed E-state index contributed by atoms with van der Waals surface area (Å²) >= 11 is 0. The molecule has 3 aromatic rings. The van der Waals surface area contributed by atoms with Crippen LogP contribution in [0.2, 0.25) is 0 Å². The topological polar surface area (TPSA) is 204 Å². The van der Waals surface area contributed by atoms with Gasteiger partial charge in [0.25, 0.3) is 5.56 Å². The van der Waals surface area contributed by atoms with E-state index in [4.69, 9.17) is 10.8 Å². The Bertz CT molecular complexity index is 1310. The number of carbonyl (C=O) groups is 3. The summed E-state index contributed by atoms with van der Waals surface area (Å²) in [6, 6.07) is 6.07. The Hall–Kier alpha value is -4.39. The SMILES string of the molecule is CN(C)[C@@](CCC(=O)O)(C(=O)O)C(=O)c1ccc(NCc2cnc3nc(N)[nH]c(=O)c3n2)cc1. The molecule has 0 saturated heterocycles. The number of Topliss-reactive ketones (excluding diaryl/α,β-unsaturated/α-hetero) is 1. The van der Waals surface area contributed by atoms with Crippen LogP contribution in [0.1, 0.15) is 28.9 Å². The number of anilines is 2. The molecule has 13 heteroatoms. The third kappa shape index (κ3) is 4.83. The monoisotopic (exact) mass is 469 g/mol. The first kappa shape index (κ1) is 24.3. The number of benzene rings is 1. The first-order chi connectivity index (χ1) is 16.0. The minimum atomic E-state index is -2.02. The van der Waals surface area contributed by atoms with E-state index in [1.165, 1.54) is 37.3 Å². The number of nitrogens with two attached hydrogens (primary N) is 1. The maximum atomic E-state index is 13.1. The highest BCUT2D eigenvalue weighted by Crippen LogP contribution is 2.26. The standard InChI is InChI=1S/C21H23N7O6/c1-28(2)21(19(33)34,8-7-14(29)30)16(31)11-3-5-12(6-4-11)23-9-13-10-24-17-15(25-13)18(32)27-20(22)26-17/h3-6,10,23H,7-9H2,1-2H3,(H,29,30)(H,33,34)(H3,22,24,26,27,32)/t21-/m1/s1.